The molecule has 4 rings (SSSR count). The summed E-state index contributed by atoms with van der Waals surface area (Å²) in [4.78, 5) is 42.3. The number of nitrogen functional groups attached to an aromatic ring is 1. The van der Waals surface area contributed by atoms with Crippen LogP contribution in [0.25, 0.3) is 0 Å². The van der Waals surface area contributed by atoms with Crippen molar-refractivity contribution in [1.82, 2.24) is 35.4 Å². The van der Waals surface area contributed by atoms with Crippen LogP contribution in [0.15, 0.2) is 21.8 Å². The topological polar surface area (TPSA) is 195 Å². The highest BCUT2D eigenvalue weighted by Gasteiger charge is 2.54. The van der Waals surface area contributed by atoms with Crippen LogP contribution in [-0.4, -0.2) is 75.9 Å². The molecule has 0 saturated carbocycles. The number of carbonyl (C=O) groups is 3. The largest absolute Gasteiger partial charge is 0.477 e. The minimum Gasteiger partial charge on any atom is -0.477 e. The van der Waals surface area contributed by atoms with Gasteiger partial charge < -0.3 is 21.9 Å². The number of amides is 2. The van der Waals surface area contributed by atoms with Crippen molar-refractivity contribution in [3.05, 3.63) is 22.3 Å². The first-order valence-corrected chi connectivity index (χ1v) is 11.7. The van der Waals surface area contributed by atoms with Crippen LogP contribution in [0.4, 0.5) is 5.13 Å². The Kier molecular flexibility index (Phi) is 5.87. The van der Waals surface area contributed by atoms with Crippen LogP contribution in [0.3, 0.4) is 0 Å². The van der Waals surface area contributed by atoms with Crippen molar-refractivity contribution >= 4 is 57.8 Å². The number of nitrogens with zero attached hydrogens (tertiary/aromatic N) is 6. The zero-order valence-corrected chi connectivity index (χ0v) is 18.4. The van der Waals surface area contributed by atoms with Crippen LogP contribution in [0, 0.1) is 0 Å². The van der Waals surface area contributed by atoms with Gasteiger partial charge in [0.15, 0.2) is 5.13 Å². The average molecular weight is 484 g/mol. The van der Waals surface area contributed by atoms with Gasteiger partial charge in [0.1, 0.15) is 23.2 Å². The summed E-state index contributed by atoms with van der Waals surface area (Å²) in [7, 11) is 1.68. The molecule has 1 saturated heterocycles. The summed E-state index contributed by atoms with van der Waals surface area (Å²) in [5, 5.41) is 25.3. The first-order chi connectivity index (χ1) is 14.8. The van der Waals surface area contributed by atoms with E-state index in [0.717, 1.165) is 11.3 Å². The molecule has 2 aliphatic heterocycles. The fourth-order valence-electron chi connectivity index (χ4n) is 3.11. The molecule has 0 aliphatic carbocycles. The third kappa shape index (κ3) is 3.98. The molecular weight excluding hydrogens is 466 g/mol. The third-order valence-corrected chi connectivity index (χ3v) is 7.77. The number of tetrazole rings is 1. The highest BCUT2D eigenvalue weighted by atomic mass is 32.2. The van der Waals surface area contributed by atoms with Crippen LogP contribution >= 0.6 is 34.9 Å². The summed E-state index contributed by atoms with van der Waals surface area (Å²) in [6.45, 7) is 0. The zero-order valence-electron chi connectivity index (χ0n) is 16.0. The number of aromatic nitrogens is 5. The first-order valence-electron chi connectivity index (χ1n) is 8.80. The van der Waals surface area contributed by atoms with E-state index in [1.165, 1.54) is 33.1 Å². The normalized spacial score (nSPS) is 21.5. The fourth-order valence-corrected chi connectivity index (χ4v) is 6.04. The summed E-state index contributed by atoms with van der Waals surface area (Å²) < 4.78 is 1.48. The van der Waals surface area contributed by atoms with Crippen LogP contribution in [0.2, 0.25) is 0 Å². The third-order valence-electron chi connectivity index (χ3n) is 4.65. The van der Waals surface area contributed by atoms with Crippen molar-refractivity contribution in [2.24, 2.45) is 12.8 Å². The molecule has 13 nitrogen and oxygen atoms in total. The molecule has 2 amide bonds. The Labute approximate surface area is 187 Å². The number of thioether (sulfide) groups is 2. The van der Waals surface area contributed by atoms with Crippen LogP contribution in [-0.2, 0) is 21.4 Å². The Morgan fingerprint density at radius 3 is 2.87 bits per heavy atom. The van der Waals surface area contributed by atoms with Crippen LogP contribution in [0.5, 0.6) is 0 Å². The molecule has 1 unspecified atom stereocenters. The second-order valence-electron chi connectivity index (χ2n) is 6.62. The summed E-state index contributed by atoms with van der Waals surface area (Å²) in [6.07, 6.45) is 0. The monoisotopic (exact) mass is 483 g/mol. The maximum absolute atomic E-state index is 12.7. The molecule has 164 valence electrons. The van der Waals surface area contributed by atoms with Gasteiger partial charge in [0.05, 0.1) is 5.69 Å². The standard InChI is InChI=1S/C15H17N9O4S3/c1-23-15(20-21-22-23)31-3-5-2-29-12-8(11(26)24(12)9(5)13(27)28)19-10(25)7(16)6-4-30-14(17)18-6/h4,7-8,12H,2-3,16H2,1H3,(H2,17,18)(H,19,25)(H,27,28)/t7?,8-,12+/m1/s1. The predicted octanol–water partition coefficient (Wildman–Crippen LogP) is -1.22. The molecule has 2 aromatic rings. The van der Waals surface area contributed by atoms with Crippen molar-refractivity contribution in [3.63, 3.8) is 0 Å². The molecule has 6 N–H and O–H groups in total. The van der Waals surface area contributed by atoms with E-state index in [4.69, 9.17) is 11.5 Å². The Morgan fingerprint density at radius 1 is 1.48 bits per heavy atom. The first kappa shape index (κ1) is 21.5. The lowest BCUT2D eigenvalue weighted by atomic mass is 10.0. The van der Waals surface area contributed by atoms with Crippen molar-refractivity contribution < 1.29 is 19.5 Å². The van der Waals surface area contributed by atoms with Crippen LogP contribution in [0.1, 0.15) is 11.7 Å². The number of carboxylic acids is 1. The molecule has 2 aromatic heterocycles. The lowest BCUT2D eigenvalue weighted by molar-refractivity contribution is -0.150. The van der Waals surface area contributed by atoms with Crippen molar-refractivity contribution in [3.8, 4) is 0 Å². The fraction of sp³-hybridized carbons (Fsp3) is 0.400. The van der Waals surface area contributed by atoms with Gasteiger partial charge in [-0.05, 0) is 16.0 Å². The van der Waals surface area contributed by atoms with Gasteiger partial charge in [-0.3, -0.25) is 14.5 Å². The number of fused-ring (bicyclic) bond motifs is 1. The number of rotatable bonds is 7. The summed E-state index contributed by atoms with van der Waals surface area (Å²) in [5.41, 5.74) is 12.3. The van der Waals surface area contributed by atoms with Gasteiger partial charge in [0, 0.05) is 23.9 Å². The Bertz CT molecular complexity index is 1080. The number of nitrogens with one attached hydrogen (secondary N) is 1. The van der Waals surface area contributed by atoms with E-state index in [2.05, 4.69) is 25.8 Å². The molecule has 1 fully saturated rings. The number of carboxylic acid groups (broad SMARTS) is 1. The second-order valence-corrected chi connectivity index (χ2v) is 9.55. The number of anilines is 1. The van der Waals surface area contributed by atoms with Gasteiger partial charge in [0.2, 0.25) is 11.1 Å². The van der Waals surface area contributed by atoms with Gasteiger partial charge in [-0.1, -0.05) is 11.8 Å². The van der Waals surface area contributed by atoms with E-state index in [9.17, 15) is 19.5 Å². The van der Waals surface area contributed by atoms with Gasteiger partial charge >= 0.3 is 5.97 Å². The second kappa shape index (κ2) is 8.45. The molecule has 16 heteroatoms. The lowest BCUT2D eigenvalue weighted by Gasteiger charge is -2.49. The number of carbonyl (C=O) groups excluding carboxylic acids is 2. The Hall–Kier alpha value is -2.69. The van der Waals surface area contributed by atoms with E-state index in [1.54, 1.807) is 12.4 Å². The highest BCUT2D eigenvalue weighted by molar-refractivity contribution is 8.01. The Balaban J connectivity index is 1.46. The van der Waals surface area contributed by atoms with Gasteiger partial charge in [-0.25, -0.2) is 14.5 Å². The minimum absolute atomic E-state index is 0.0709. The quantitative estimate of drug-likeness (QED) is 0.271. The molecule has 2 aliphatic rings. The molecule has 3 atom stereocenters. The van der Waals surface area contributed by atoms with E-state index < -0.39 is 35.2 Å². The number of aryl methyl sites for hydroxylation is 1. The minimum atomic E-state index is -1.20. The van der Waals surface area contributed by atoms with Gasteiger partial charge in [-0.2, -0.15) is 0 Å². The number of hydrogen-bond acceptors (Lipinski definition) is 12. The van der Waals surface area contributed by atoms with Crippen molar-refractivity contribution in [1.29, 1.82) is 0 Å². The van der Waals surface area contributed by atoms with Crippen LogP contribution < -0.4 is 16.8 Å². The number of β-lactam (4-membered cyclic amide) rings is 1. The molecule has 0 bridgehead atoms. The van der Waals surface area contributed by atoms with Crippen molar-refractivity contribution in [2.75, 3.05) is 17.2 Å². The number of hydrogen-bond donors (Lipinski definition) is 4. The van der Waals surface area contributed by atoms with Gasteiger partial charge in [-0.15, -0.1) is 28.2 Å². The summed E-state index contributed by atoms with van der Waals surface area (Å²) in [5.74, 6) is -1.59. The molecule has 0 spiro atoms. The number of nitrogens with two attached hydrogens (primary N) is 2. The maximum Gasteiger partial charge on any atom is 0.352 e. The molecular formula is C15H17N9O4S3. The smallest absolute Gasteiger partial charge is 0.352 e. The zero-order chi connectivity index (χ0) is 22.3. The maximum atomic E-state index is 12.7. The summed E-state index contributed by atoms with van der Waals surface area (Å²) >= 11 is 3.80. The highest BCUT2D eigenvalue weighted by Crippen LogP contribution is 2.41. The average Bonchev–Trinajstić information content (AvgIpc) is 3.36. The van der Waals surface area contributed by atoms with Crippen molar-refractivity contribution in [2.45, 2.75) is 22.6 Å². The molecule has 31 heavy (non-hydrogen) atoms. The van der Waals surface area contributed by atoms with Gasteiger partial charge in [0.25, 0.3) is 5.91 Å². The SMILES string of the molecule is Cn1nnnc1SCC1=C(C(=O)O)N2C(=O)[C@@H](NC(=O)C(N)c3csc(N)n3)[C@@H]2SC1. The molecule has 0 aromatic carbocycles. The van der Waals surface area contributed by atoms with E-state index in [-0.39, 0.29) is 10.8 Å². The molecule has 0 radical (unpaired) electrons. The van der Waals surface area contributed by atoms with E-state index >= 15 is 0 Å². The lowest BCUT2D eigenvalue weighted by Crippen LogP contribution is -2.71. The predicted molar refractivity (Wildman–Crippen MR) is 113 cm³/mol. The molecule has 4 heterocycles. The number of thiazole rings is 1. The number of aliphatic carboxylic acids is 1. The van der Waals surface area contributed by atoms with E-state index in [1.807, 2.05) is 0 Å². The summed E-state index contributed by atoms with van der Waals surface area (Å²) in [6, 6.07) is -1.95. The van der Waals surface area contributed by atoms with E-state index in [0.29, 0.717) is 27.9 Å². The Morgan fingerprint density at radius 2 is 2.26 bits per heavy atom.